The maximum absolute atomic E-state index is 10.8. The monoisotopic (exact) mass is 456 g/mol. The van der Waals surface area contributed by atoms with Crippen LogP contribution < -0.4 is 0 Å². The fourth-order valence-electron chi connectivity index (χ4n) is 3.90. The molecule has 3 rings (SSSR count). The zero-order valence-electron chi connectivity index (χ0n) is 21.6. The van der Waals surface area contributed by atoms with E-state index in [0.29, 0.717) is 11.1 Å². The first-order valence-corrected chi connectivity index (χ1v) is 11.6. The summed E-state index contributed by atoms with van der Waals surface area (Å²) in [5, 5.41) is 21.6. The van der Waals surface area contributed by atoms with Gasteiger partial charge in [-0.2, -0.15) is 0 Å². The molecule has 3 aromatic carbocycles. The van der Waals surface area contributed by atoms with Gasteiger partial charge in [-0.15, -0.1) is 0 Å². The molecule has 0 saturated heterocycles. The van der Waals surface area contributed by atoms with E-state index in [4.69, 9.17) is 0 Å². The molecule has 0 aliphatic carbocycles. The van der Waals surface area contributed by atoms with Crippen LogP contribution in [0.4, 0.5) is 11.4 Å². The van der Waals surface area contributed by atoms with Crippen LogP contribution >= 0.6 is 0 Å². The minimum absolute atomic E-state index is 0.165. The Bertz CT molecular complexity index is 1160. The lowest BCUT2D eigenvalue weighted by Gasteiger charge is -2.22. The van der Waals surface area contributed by atoms with Gasteiger partial charge in [0.05, 0.1) is 11.4 Å². The Labute approximate surface area is 203 Å². The van der Waals surface area contributed by atoms with Crippen molar-refractivity contribution in [2.24, 2.45) is 9.98 Å². The van der Waals surface area contributed by atoms with Crippen molar-refractivity contribution in [2.75, 3.05) is 0 Å². The number of phenolic OH excluding ortho intramolecular Hbond substituents is 2. The standard InChI is InChI=1S/C30H36N2O2/c1-19-12-21(27(33)25(14-19)29(3,4)5)17-31-23-10-9-11-24(16-23)32-18-22-13-20(2)15-26(28(22)34)30(6,7)8/h9-18,33-34H,1-8H3. The first-order chi connectivity index (χ1) is 15.8. The minimum atomic E-state index is -0.165. The Morgan fingerprint density at radius 2 is 1.00 bits per heavy atom. The van der Waals surface area contributed by atoms with Gasteiger partial charge in [-0.05, 0) is 66.1 Å². The molecule has 0 spiro atoms. The van der Waals surface area contributed by atoms with Gasteiger partial charge in [-0.25, -0.2) is 0 Å². The molecule has 178 valence electrons. The number of hydrogen-bond acceptors (Lipinski definition) is 4. The van der Waals surface area contributed by atoms with E-state index >= 15 is 0 Å². The Morgan fingerprint density at radius 3 is 1.35 bits per heavy atom. The maximum Gasteiger partial charge on any atom is 0.128 e. The SMILES string of the molecule is Cc1cc(C=Nc2cccc(N=Cc3cc(C)cc(C(C)(C)C)c3O)c2)c(O)c(C(C)(C)C)c1. The van der Waals surface area contributed by atoms with Crippen LogP contribution in [0.5, 0.6) is 11.5 Å². The molecule has 34 heavy (non-hydrogen) atoms. The van der Waals surface area contributed by atoms with Crippen molar-refractivity contribution >= 4 is 23.8 Å². The molecule has 0 amide bonds. The van der Waals surface area contributed by atoms with E-state index < -0.39 is 0 Å². The van der Waals surface area contributed by atoms with Gasteiger partial charge >= 0.3 is 0 Å². The molecule has 0 aliphatic heterocycles. The van der Waals surface area contributed by atoms with Gasteiger partial charge < -0.3 is 10.2 Å². The molecule has 3 aromatic rings. The van der Waals surface area contributed by atoms with Gasteiger partial charge in [-0.3, -0.25) is 9.98 Å². The summed E-state index contributed by atoms with van der Waals surface area (Å²) in [7, 11) is 0. The second-order valence-electron chi connectivity index (χ2n) is 11.0. The van der Waals surface area contributed by atoms with Crippen LogP contribution in [0.3, 0.4) is 0 Å². The van der Waals surface area contributed by atoms with E-state index in [1.807, 2.05) is 62.4 Å². The largest absolute Gasteiger partial charge is 0.507 e. The Hall–Kier alpha value is -3.40. The average molecular weight is 457 g/mol. The van der Waals surface area contributed by atoms with Crippen LogP contribution in [0.2, 0.25) is 0 Å². The zero-order chi connectivity index (χ0) is 25.3. The predicted octanol–water partition coefficient (Wildman–Crippen LogP) is 7.81. The Morgan fingerprint density at radius 1 is 0.618 bits per heavy atom. The number of hydrogen-bond donors (Lipinski definition) is 2. The summed E-state index contributed by atoms with van der Waals surface area (Å²) < 4.78 is 0. The zero-order valence-corrected chi connectivity index (χ0v) is 21.6. The predicted molar refractivity (Wildman–Crippen MR) is 144 cm³/mol. The Kier molecular flexibility index (Phi) is 7.02. The molecule has 0 atom stereocenters. The minimum Gasteiger partial charge on any atom is -0.507 e. The first-order valence-electron chi connectivity index (χ1n) is 11.6. The van der Waals surface area contributed by atoms with Crippen molar-refractivity contribution in [2.45, 2.75) is 66.2 Å². The van der Waals surface area contributed by atoms with Crippen molar-refractivity contribution in [1.29, 1.82) is 0 Å². The van der Waals surface area contributed by atoms with Gasteiger partial charge in [-0.1, -0.05) is 59.7 Å². The van der Waals surface area contributed by atoms with E-state index in [9.17, 15) is 10.2 Å². The molecule has 0 radical (unpaired) electrons. The Balaban J connectivity index is 1.91. The van der Waals surface area contributed by atoms with Crippen molar-refractivity contribution < 1.29 is 10.2 Å². The van der Waals surface area contributed by atoms with E-state index in [-0.39, 0.29) is 22.3 Å². The first kappa shape index (κ1) is 25.2. The van der Waals surface area contributed by atoms with Crippen LogP contribution in [0.25, 0.3) is 0 Å². The number of aliphatic imine (C=N–C) groups is 2. The summed E-state index contributed by atoms with van der Waals surface area (Å²) in [6.07, 6.45) is 3.39. The summed E-state index contributed by atoms with van der Waals surface area (Å²) in [5.74, 6) is 0.529. The van der Waals surface area contributed by atoms with E-state index in [0.717, 1.165) is 33.6 Å². The summed E-state index contributed by atoms with van der Waals surface area (Å²) in [6.45, 7) is 16.5. The van der Waals surface area contributed by atoms with Gasteiger partial charge in [0, 0.05) is 34.7 Å². The van der Waals surface area contributed by atoms with E-state index in [1.165, 1.54) is 0 Å². The van der Waals surface area contributed by atoms with Crippen LogP contribution in [-0.4, -0.2) is 22.6 Å². The highest BCUT2D eigenvalue weighted by molar-refractivity contribution is 5.88. The third kappa shape index (κ3) is 5.93. The molecule has 0 heterocycles. The molecule has 4 heteroatoms. The molecular weight excluding hydrogens is 420 g/mol. The second kappa shape index (κ2) is 9.46. The fourth-order valence-corrected chi connectivity index (χ4v) is 3.90. The molecule has 0 saturated carbocycles. The molecular formula is C30H36N2O2. The number of aromatic hydroxyl groups is 2. The molecule has 0 fully saturated rings. The molecule has 0 aromatic heterocycles. The highest BCUT2D eigenvalue weighted by atomic mass is 16.3. The quantitative estimate of drug-likeness (QED) is 0.393. The van der Waals surface area contributed by atoms with Crippen molar-refractivity contribution in [3.8, 4) is 11.5 Å². The second-order valence-corrected chi connectivity index (χ2v) is 11.0. The number of phenols is 2. The van der Waals surface area contributed by atoms with Crippen LogP contribution in [-0.2, 0) is 10.8 Å². The normalized spacial score (nSPS) is 12.7. The van der Waals surface area contributed by atoms with Gasteiger partial charge in [0.1, 0.15) is 11.5 Å². The number of rotatable bonds is 4. The van der Waals surface area contributed by atoms with Crippen LogP contribution in [0.1, 0.15) is 74.9 Å². The third-order valence-electron chi connectivity index (χ3n) is 5.72. The number of benzene rings is 3. The van der Waals surface area contributed by atoms with Crippen molar-refractivity contribution in [3.63, 3.8) is 0 Å². The van der Waals surface area contributed by atoms with Crippen molar-refractivity contribution in [1.82, 2.24) is 0 Å². The fraction of sp³-hybridized carbons (Fsp3) is 0.333. The van der Waals surface area contributed by atoms with Crippen LogP contribution in [0.15, 0.2) is 58.5 Å². The molecule has 0 bridgehead atoms. The van der Waals surface area contributed by atoms with Gasteiger partial charge in [0.2, 0.25) is 0 Å². The molecule has 0 unspecified atom stereocenters. The van der Waals surface area contributed by atoms with Crippen molar-refractivity contribution in [3.05, 3.63) is 81.9 Å². The summed E-state index contributed by atoms with van der Waals surface area (Å²) >= 11 is 0. The topological polar surface area (TPSA) is 65.2 Å². The smallest absolute Gasteiger partial charge is 0.128 e. The summed E-state index contributed by atoms with van der Waals surface area (Å²) in [4.78, 5) is 9.17. The molecule has 2 N–H and O–H groups in total. The summed E-state index contributed by atoms with van der Waals surface area (Å²) in [5.41, 5.74) is 6.48. The van der Waals surface area contributed by atoms with Crippen LogP contribution in [0, 0.1) is 13.8 Å². The highest BCUT2D eigenvalue weighted by Crippen LogP contribution is 2.35. The summed E-state index contributed by atoms with van der Waals surface area (Å²) in [6, 6.07) is 15.5. The molecule has 4 nitrogen and oxygen atoms in total. The maximum atomic E-state index is 10.8. The highest BCUT2D eigenvalue weighted by Gasteiger charge is 2.21. The van der Waals surface area contributed by atoms with E-state index in [2.05, 4.69) is 51.5 Å². The third-order valence-corrected chi connectivity index (χ3v) is 5.72. The lowest BCUT2D eigenvalue weighted by atomic mass is 9.84. The lowest BCUT2D eigenvalue weighted by Crippen LogP contribution is -2.12. The van der Waals surface area contributed by atoms with Gasteiger partial charge in [0.25, 0.3) is 0 Å². The van der Waals surface area contributed by atoms with Gasteiger partial charge in [0.15, 0.2) is 0 Å². The number of nitrogens with zero attached hydrogens (tertiary/aromatic N) is 2. The average Bonchev–Trinajstić information content (AvgIpc) is 2.73. The van der Waals surface area contributed by atoms with E-state index in [1.54, 1.807) is 12.4 Å². The lowest BCUT2D eigenvalue weighted by molar-refractivity contribution is 0.445. The molecule has 0 aliphatic rings. The number of aryl methyl sites for hydroxylation is 2.